The summed E-state index contributed by atoms with van der Waals surface area (Å²) in [4.78, 5) is 20.0. The zero-order valence-electron chi connectivity index (χ0n) is 22.4. The quantitative estimate of drug-likeness (QED) is 0.244. The van der Waals surface area contributed by atoms with Gasteiger partial charge in [-0.25, -0.2) is 5.84 Å². The molecule has 0 spiro atoms. The van der Waals surface area contributed by atoms with Gasteiger partial charge in [-0.1, -0.05) is 6.07 Å². The van der Waals surface area contributed by atoms with Gasteiger partial charge in [-0.3, -0.25) is 9.78 Å². The Kier molecular flexibility index (Phi) is 7.21. The van der Waals surface area contributed by atoms with E-state index in [4.69, 9.17) is 5.84 Å². The van der Waals surface area contributed by atoms with E-state index in [0.717, 1.165) is 48.4 Å². The number of thiophene rings is 1. The zero-order chi connectivity index (χ0) is 27.4. The summed E-state index contributed by atoms with van der Waals surface area (Å²) < 4.78 is 15.8. The number of nitrogens with two attached hydrogens (primary N) is 1. The van der Waals surface area contributed by atoms with Gasteiger partial charge in [0.05, 0.1) is 46.9 Å². The van der Waals surface area contributed by atoms with Gasteiger partial charge in [0.25, 0.3) is 0 Å². The molecule has 202 valence electrons. The number of nitrogens with one attached hydrogen (secondary N) is 1. The number of hydrogen-bond donors (Lipinski definition) is 3. The maximum atomic E-state index is 13.8. The van der Waals surface area contributed by atoms with Crippen LogP contribution < -0.4 is 16.2 Å². The Morgan fingerprint density at radius 2 is 2.13 bits per heavy atom. The molecule has 8 nitrogen and oxygen atoms in total. The molecule has 4 atom stereocenters. The van der Waals surface area contributed by atoms with Crippen LogP contribution >= 0.6 is 11.3 Å². The summed E-state index contributed by atoms with van der Waals surface area (Å²) in [5.41, 5.74) is 4.49. The SMILES string of the molecule is CCN(N)c1ccc2c(C)c1N[C@H]1Cc3ncccc3[S+]([O-])N(Cc3cc(sc3C)C2C(C)(C)C(=O)O)C1. The van der Waals surface area contributed by atoms with Crippen LogP contribution in [0.5, 0.6) is 0 Å². The molecule has 2 aromatic heterocycles. The van der Waals surface area contributed by atoms with Crippen molar-refractivity contribution in [3.05, 3.63) is 68.7 Å². The molecule has 2 aliphatic heterocycles. The topological polar surface area (TPSA) is 118 Å². The zero-order valence-corrected chi connectivity index (χ0v) is 24.1. The first kappa shape index (κ1) is 27.0. The Hall–Kier alpha value is -2.63. The van der Waals surface area contributed by atoms with E-state index >= 15 is 0 Å². The summed E-state index contributed by atoms with van der Waals surface area (Å²) in [6, 6.07) is 9.80. The summed E-state index contributed by atoms with van der Waals surface area (Å²) in [5.74, 6) is 5.21. The fourth-order valence-electron chi connectivity index (χ4n) is 5.58. The standard InChI is InChI=1S/C28H35N5O3S2/c1-6-33(29)22-10-9-20-16(2)26(22)31-19-13-21-24(8-7-11-30-21)38(36)32(15-19)14-18-12-23(37-17(18)3)25(20)28(4,5)27(34)35/h7-12,19,25,31H,6,13-15,29H2,1-5H3,(H,34,35)/t19-,25?,38?/m0/s1. The second kappa shape index (κ2) is 10.2. The first-order valence-electron chi connectivity index (χ1n) is 12.9. The van der Waals surface area contributed by atoms with Crippen molar-refractivity contribution in [2.45, 2.75) is 64.4 Å². The lowest BCUT2D eigenvalue weighted by Gasteiger charge is -2.34. The van der Waals surface area contributed by atoms with Crippen molar-refractivity contribution >= 4 is 40.0 Å². The van der Waals surface area contributed by atoms with Gasteiger partial charge in [0.1, 0.15) is 0 Å². The van der Waals surface area contributed by atoms with Crippen LogP contribution in [-0.4, -0.2) is 44.0 Å². The van der Waals surface area contributed by atoms with Gasteiger partial charge < -0.3 is 20.0 Å². The Morgan fingerprint density at radius 3 is 2.84 bits per heavy atom. The van der Waals surface area contributed by atoms with Gasteiger partial charge in [-0.05, 0) is 75.6 Å². The van der Waals surface area contributed by atoms with Gasteiger partial charge in [0.15, 0.2) is 4.90 Å². The van der Waals surface area contributed by atoms with Gasteiger partial charge in [0.2, 0.25) is 0 Å². The Bertz CT molecular complexity index is 1370. The van der Waals surface area contributed by atoms with Gasteiger partial charge in [0, 0.05) is 40.9 Å². The molecule has 3 aromatic rings. The third-order valence-electron chi connectivity index (χ3n) is 7.87. The largest absolute Gasteiger partial charge is 0.593 e. The molecule has 0 saturated carbocycles. The molecule has 1 aromatic carbocycles. The molecule has 0 fully saturated rings. The van der Waals surface area contributed by atoms with Crippen LogP contribution in [0.4, 0.5) is 11.4 Å². The Labute approximate surface area is 231 Å². The van der Waals surface area contributed by atoms with E-state index in [1.54, 1.807) is 36.4 Å². The van der Waals surface area contributed by atoms with Gasteiger partial charge in [-0.2, -0.15) is 0 Å². The number of rotatable bonds is 4. The first-order chi connectivity index (χ1) is 18.0. The van der Waals surface area contributed by atoms with Crippen molar-refractivity contribution in [3.8, 4) is 0 Å². The van der Waals surface area contributed by atoms with E-state index in [-0.39, 0.29) is 12.0 Å². The lowest BCUT2D eigenvalue weighted by molar-refractivity contribution is -0.147. The molecule has 10 heteroatoms. The van der Waals surface area contributed by atoms with Crippen molar-refractivity contribution in [1.29, 1.82) is 0 Å². The fraction of sp³-hybridized carbons (Fsp3) is 0.429. The predicted molar refractivity (Wildman–Crippen MR) is 153 cm³/mol. The van der Waals surface area contributed by atoms with Crippen molar-refractivity contribution in [2.24, 2.45) is 11.3 Å². The van der Waals surface area contributed by atoms with E-state index < -0.39 is 22.7 Å². The van der Waals surface area contributed by atoms with Crippen molar-refractivity contribution in [1.82, 2.24) is 9.29 Å². The number of benzene rings is 1. The van der Waals surface area contributed by atoms with Gasteiger partial charge >= 0.3 is 5.97 Å². The van der Waals surface area contributed by atoms with E-state index in [2.05, 4.69) is 23.3 Å². The van der Waals surface area contributed by atoms with Crippen molar-refractivity contribution in [2.75, 3.05) is 23.4 Å². The van der Waals surface area contributed by atoms with E-state index in [0.29, 0.717) is 26.1 Å². The summed E-state index contributed by atoms with van der Waals surface area (Å²) in [6.45, 7) is 11.4. The Morgan fingerprint density at radius 1 is 1.37 bits per heavy atom. The van der Waals surface area contributed by atoms with Crippen molar-refractivity contribution in [3.63, 3.8) is 0 Å². The highest BCUT2D eigenvalue weighted by Gasteiger charge is 2.42. The molecule has 0 aliphatic carbocycles. The number of carboxylic acid groups (broad SMARTS) is 1. The number of anilines is 2. The minimum atomic E-state index is -1.38. The monoisotopic (exact) mass is 553 g/mol. The minimum absolute atomic E-state index is 0.0863. The van der Waals surface area contributed by atoms with E-state index in [1.807, 2.05) is 42.4 Å². The van der Waals surface area contributed by atoms with Crippen molar-refractivity contribution < 1.29 is 14.5 Å². The summed E-state index contributed by atoms with van der Waals surface area (Å²) in [6.07, 6.45) is 2.36. The molecule has 5 rings (SSSR count). The summed E-state index contributed by atoms with van der Waals surface area (Å²) in [7, 11) is 0. The normalized spacial score (nSPS) is 22.8. The van der Waals surface area contributed by atoms with Crippen LogP contribution in [0.2, 0.25) is 0 Å². The molecular formula is C28H35N5O3S2. The average molecular weight is 554 g/mol. The highest BCUT2D eigenvalue weighted by atomic mass is 32.2. The molecule has 0 amide bonds. The predicted octanol–water partition coefficient (Wildman–Crippen LogP) is 4.58. The molecule has 4 N–H and O–H groups in total. The first-order valence-corrected chi connectivity index (χ1v) is 14.8. The van der Waals surface area contributed by atoms with Crippen LogP contribution in [0.15, 0.2) is 41.4 Å². The molecule has 3 unspecified atom stereocenters. The van der Waals surface area contributed by atoms with Crippen LogP contribution in [-0.2, 0) is 29.1 Å². The van der Waals surface area contributed by atoms with Crippen LogP contribution in [0, 0.1) is 19.3 Å². The number of pyridine rings is 1. The molecule has 0 saturated heterocycles. The summed E-state index contributed by atoms with van der Waals surface area (Å²) >= 11 is 0.247. The lowest BCUT2D eigenvalue weighted by Crippen LogP contribution is -2.40. The molecule has 38 heavy (non-hydrogen) atoms. The number of carboxylic acids is 1. The third kappa shape index (κ3) is 4.58. The number of aryl methyl sites for hydroxylation is 1. The van der Waals surface area contributed by atoms with Crippen LogP contribution in [0.3, 0.4) is 0 Å². The average Bonchev–Trinajstić information content (AvgIpc) is 3.17. The number of hydrogen-bond acceptors (Lipinski definition) is 8. The number of nitrogens with zero attached hydrogens (tertiary/aromatic N) is 3. The second-order valence-electron chi connectivity index (χ2n) is 10.7. The smallest absolute Gasteiger partial charge is 0.310 e. The highest BCUT2D eigenvalue weighted by Crippen LogP contribution is 2.48. The number of aromatic nitrogens is 1. The fourth-order valence-corrected chi connectivity index (χ4v) is 8.31. The van der Waals surface area contributed by atoms with E-state index in [9.17, 15) is 14.5 Å². The maximum Gasteiger partial charge on any atom is 0.310 e. The van der Waals surface area contributed by atoms with E-state index in [1.165, 1.54) is 0 Å². The number of aliphatic carboxylic acids is 1. The van der Waals surface area contributed by atoms with Gasteiger partial charge in [-0.15, -0.1) is 15.6 Å². The minimum Gasteiger partial charge on any atom is -0.593 e. The molecule has 0 radical (unpaired) electrons. The third-order valence-corrected chi connectivity index (χ3v) is 10.5. The number of fused-ring (bicyclic) bond motifs is 7. The van der Waals surface area contributed by atoms with Crippen LogP contribution in [0.25, 0.3) is 0 Å². The Balaban J connectivity index is 1.78. The summed E-state index contributed by atoms with van der Waals surface area (Å²) in [5, 5.41) is 15.8. The second-order valence-corrected chi connectivity index (χ2v) is 13.5. The molecule has 2 aliphatic rings. The number of carbonyl (C=O) groups is 1. The molecule has 6 bridgehead atoms. The lowest BCUT2D eigenvalue weighted by atomic mass is 9.72. The highest BCUT2D eigenvalue weighted by molar-refractivity contribution is 7.89. The van der Waals surface area contributed by atoms with Crippen LogP contribution in [0.1, 0.15) is 58.8 Å². The molecule has 4 heterocycles. The maximum absolute atomic E-state index is 13.8. The molecular weight excluding hydrogens is 518 g/mol. The number of hydrazine groups is 1.